The third-order valence-corrected chi connectivity index (χ3v) is 6.09. The van der Waals surface area contributed by atoms with Crippen LogP contribution < -0.4 is 15.4 Å². The maximum atomic E-state index is 12.0. The minimum atomic E-state index is -0.00880. The van der Waals surface area contributed by atoms with Gasteiger partial charge in [0.2, 0.25) is 5.91 Å². The number of likely N-dealkylation sites (N-methyl/N-ethyl adjacent to an activating group) is 1. The lowest BCUT2D eigenvalue weighted by Gasteiger charge is -2.39. The molecule has 2 N–H and O–H groups in total. The maximum absolute atomic E-state index is 12.0. The summed E-state index contributed by atoms with van der Waals surface area (Å²) in [6, 6.07) is 8.41. The standard InChI is InChI=1S/C23H36N4O3.HI/c1-27(2)21(28)17-25-22(24-14-10-18-6-8-20(29-3)9-7-18)26-19-11-15-30-23(16-19)12-4-5-13-23;/h6-9,19H,4-5,10-17H2,1-3H3,(H2,24,25,26);1H. The van der Waals surface area contributed by atoms with E-state index in [4.69, 9.17) is 9.47 Å². The smallest absolute Gasteiger partial charge is 0.243 e. The number of amides is 1. The number of guanidine groups is 1. The van der Waals surface area contributed by atoms with Crippen molar-refractivity contribution >= 4 is 35.8 Å². The molecule has 174 valence electrons. The predicted molar refractivity (Wildman–Crippen MR) is 134 cm³/mol. The Morgan fingerprint density at radius 3 is 2.61 bits per heavy atom. The fourth-order valence-electron chi connectivity index (χ4n) is 4.27. The van der Waals surface area contributed by atoms with Crippen molar-refractivity contribution in [3.63, 3.8) is 0 Å². The zero-order valence-corrected chi connectivity index (χ0v) is 21.3. The number of methoxy groups -OCH3 is 1. The van der Waals surface area contributed by atoms with Gasteiger partial charge in [-0.1, -0.05) is 25.0 Å². The SMILES string of the molecule is COc1ccc(CCNC(=NCC(=O)N(C)C)NC2CCOC3(CCCC3)C2)cc1.I. The number of carbonyl (C=O) groups excluding carboxylic acids is 1. The Labute approximate surface area is 203 Å². The highest BCUT2D eigenvalue weighted by atomic mass is 127. The first-order chi connectivity index (χ1) is 14.5. The van der Waals surface area contributed by atoms with E-state index < -0.39 is 0 Å². The predicted octanol–water partition coefficient (Wildman–Crippen LogP) is 2.97. The third kappa shape index (κ3) is 7.82. The van der Waals surface area contributed by atoms with E-state index >= 15 is 0 Å². The van der Waals surface area contributed by atoms with E-state index in [0.29, 0.717) is 12.0 Å². The van der Waals surface area contributed by atoms with Crippen LogP contribution in [-0.4, -0.2) is 69.3 Å². The Bertz CT molecular complexity index is 718. The minimum absolute atomic E-state index is 0. The van der Waals surface area contributed by atoms with Crippen LogP contribution in [0.25, 0.3) is 0 Å². The highest BCUT2D eigenvalue weighted by Gasteiger charge is 2.40. The summed E-state index contributed by atoms with van der Waals surface area (Å²) < 4.78 is 11.4. The minimum Gasteiger partial charge on any atom is -0.497 e. The van der Waals surface area contributed by atoms with E-state index in [1.165, 1.54) is 18.4 Å². The molecule has 1 saturated heterocycles. The summed E-state index contributed by atoms with van der Waals surface area (Å²) >= 11 is 0. The molecule has 1 aliphatic heterocycles. The number of ether oxygens (including phenoxy) is 2. The number of rotatable bonds is 7. The molecule has 7 nitrogen and oxygen atoms in total. The number of nitrogens with zero attached hydrogens (tertiary/aromatic N) is 2. The molecule has 1 heterocycles. The van der Waals surface area contributed by atoms with E-state index in [2.05, 4.69) is 27.8 Å². The summed E-state index contributed by atoms with van der Waals surface area (Å²) in [5.74, 6) is 1.56. The molecule has 1 amide bonds. The molecule has 0 radical (unpaired) electrons. The van der Waals surface area contributed by atoms with E-state index in [0.717, 1.165) is 51.0 Å². The van der Waals surface area contributed by atoms with Gasteiger partial charge in [0.05, 0.1) is 12.7 Å². The van der Waals surface area contributed by atoms with Crippen molar-refractivity contribution in [2.75, 3.05) is 40.9 Å². The zero-order chi connectivity index (χ0) is 21.4. The topological polar surface area (TPSA) is 75.2 Å². The maximum Gasteiger partial charge on any atom is 0.243 e. The first-order valence-corrected chi connectivity index (χ1v) is 11.0. The van der Waals surface area contributed by atoms with Gasteiger partial charge < -0.3 is 25.0 Å². The number of carbonyl (C=O) groups is 1. The lowest BCUT2D eigenvalue weighted by molar-refractivity contribution is -0.127. The van der Waals surface area contributed by atoms with Crippen molar-refractivity contribution in [1.29, 1.82) is 0 Å². The number of nitrogens with one attached hydrogen (secondary N) is 2. The van der Waals surface area contributed by atoms with E-state index in [-0.39, 0.29) is 42.0 Å². The molecule has 1 unspecified atom stereocenters. The summed E-state index contributed by atoms with van der Waals surface area (Å²) in [5, 5.41) is 6.99. The zero-order valence-electron chi connectivity index (χ0n) is 19.0. The van der Waals surface area contributed by atoms with Gasteiger partial charge in [-0.25, -0.2) is 4.99 Å². The van der Waals surface area contributed by atoms with Crippen LogP contribution in [0.5, 0.6) is 5.75 Å². The Morgan fingerprint density at radius 1 is 1.26 bits per heavy atom. The Hall–Kier alpha value is -1.55. The second kappa shape index (κ2) is 12.5. The van der Waals surface area contributed by atoms with Crippen molar-refractivity contribution in [3.05, 3.63) is 29.8 Å². The van der Waals surface area contributed by atoms with Gasteiger partial charge in [0.25, 0.3) is 0 Å². The molecule has 1 atom stereocenters. The molecule has 1 aromatic carbocycles. The van der Waals surface area contributed by atoms with Crippen molar-refractivity contribution in [2.24, 2.45) is 4.99 Å². The summed E-state index contributed by atoms with van der Waals surface area (Å²) in [6.07, 6.45) is 7.65. The second-order valence-corrected chi connectivity index (χ2v) is 8.55. The molecule has 2 fully saturated rings. The Balaban J connectivity index is 0.00000341. The molecule has 3 rings (SSSR count). The summed E-state index contributed by atoms with van der Waals surface area (Å²) in [7, 11) is 5.18. The summed E-state index contributed by atoms with van der Waals surface area (Å²) in [6.45, 7) is 1.66. The van der Waals surface area contributed by atoms with Crippen LogP contribution in [0.2, 0.25) is 0 Å². The third-order valence-electron chi connectivity index (χ3n) is 6.09. The van der Waals surface area contributed by atoms with Gasteiger partial charge in [-0.15, -0.1) is 24.0 Å². The number of benzene rings is 1. The monoisotopic (exact) mass is 544 g/mol. The number of hydrogen-bond donors (Lipinski definition) is 2. The van der Waals surface area contributed by atoms with Crippen LogP contribution >= 0.6 is 24.0 Å². The van der Waals surface area contributed by atoms with Gasteiger partial charge in [-0.3, -0.25) is 4.79 Å². The average Bonchev–Trinajstić information content (AvgIpc) is 3.19. The largest absolute Gasteiger partial charge is 0.497 e. The van der Waals surface area contributed by atoms with Gasteiger partial charge in [0.1, 0.15) is 12.3 Å². The molecule has 0 aromatic heterocycles. The molecule has 8 heteroatoms. The molecule has 1 aliphatic carbocycles. The summed E-state index contributed by atoms with van der Waals surface area (Å²) in [5.41, 5.74) is 1.27. The normalized spacial score (nSPS) is 20.1. The highest BCUT2D eigenvalue weighted by Crippen LogP contribution is 2.39. The van der Waals surface area contributed by atoms with Gasteiger partial charge in [0, 0.05) is 33.3 Å². The van der Waals surface area contributed by atoms with Gasteiger partial charge in [0.15, 0.2) is 5.96 Å². The van der Waals surface area contributed by atoms with Crippen LogP contribution in [0.3, 0.4) is 0 Å². The van der Waals surface area contributed by atoms with E-state index in [1.807, 2.05) is 12.1 Å². The van der Waals surface area contributed by atoms with Gasteiger partial charge in [-0.2, -0.15) is 0 Å². The first kappa shape index (κ1) is 25.7. The van der Waals surface area contributed by atoms with Crippen molar-refractivity contribution < 1.29 is 14.3 Å². The fourth-order valence-corrected chi connectivity index (χ4v) is 4.27. The lowest BCUT2D eigenvalue weighted by atomic mass is 9.89. The molecule has 31 heavy (non-hydrogen) atoms. The molecule has 0 bridgehead atoms. The molecule has 2 aliphatic rings. The van der Waals surface area contributed by atoms with Crippen molar-refractivity contribution in [2.45, 2.75) is 56.6 Å². The first-order valence-electron chi connectivity index (χ1n) is 11.0. The van der Waals surface area contributed by atoms with E-state index in [9.17, 15) is 4.79 Å². The van der Waals surface area contributed by atoms with Crippen molar-refractivity contribution in [1.82, 2.24) is 15.5 Å². The molecule has 1 saturated carbocycles. The Morgan fingerprint density at radius 2 is 1.97 bits per heavy atom. The quantitative estimate of drug-likeness (QED) is 0.314. The van der Waals surface area contributed by atoms with Crippen molar-refractivity contribution in [3.8, 4) is 5.75 Å². The van der Waals surface area contributed by atoms with Crippen LogP contribution in [0.4, 0.5) is 0 Å². The number of aliphatic imine (C=N–C) groups is 1. The summed E-state index contributed by atoms with van der Waals surface area (Å²) in [4.78, 5) is 18.2. The second-order valence-electron chi connectivity index (χ2n) is 8.55. The highest BCUT2D eigenvalue weighted by molar-refractivity contribution is 14.0. The Kier molecular flexibility index (Phi) is 10.3. The molecule has 1 spiro atoms. The van der Waals surface area contributed by atoms with Gasteiger partial charge >= 0.3 is 0 Å². The van der Waals surface area contributed by atoms with Crippen LogP contribution in [-0.2, 0) is 16.0 Å². The average molecular weight is 544 g/mol. The molecular weight excluding hydrogens is 507 g/mol. The number of hydrogen-bond acceptors (Lipinski definition) is 4. The molecule has 1 aromatic rings. The van der Waals surface area contributed by atoms with E-state index in [1.54, 1.807) is 26.1 Å². The van der Waals surface area contributed by atoms with Crippen LogP contribution in [0.1, 0.15) is 44.1 Å². The van der Waals surface area contributed by atoms with Gasteiger partial charge in [-0.05, 0) is 49.8 Å². The lowest BCUT2D eigenvalue weighted by Crippen LogP contribution is -2.51. The fraction of sp³-hybridized carbons (Fsp3) is 0.652. The van der Waals surface area contributed by atoms with Crippen LogP contribution in [0, 0.1) is 0 Å². The molecular formula is C23H37IN4O3. The van der Waals surface area contributed by atoms with Crippen LogP contribution in [0.15, 0.2) is 29.3 Å². The number of halogens is 1.